The average Bonchev–Trinajstić information content (AvgIpc) is 3.61. The first-order valence-electron chi connectivity index (χ1n) is 14.7. The van der Waals surface area contributed by atoms with E-state index in [1.54, 1.807) is 16.7 Å². The summed E-state index contributed by atoms with van der Waals surface area (Å²) >= 11 is 0. The Kier molecular flexibility index (Phi) is 14.0. The fourth-order valence-corrected chi connectivity index (χ4v) is 5.32. The molecule has 0 amide bonds. The van der Waals surface area contributed by atoms with Crippen molar-refractivity contribution < 1.29 is 25.8 Å². The molecule has 0 unspecified atom stereocenters. The summed E-state index contributed by atoms with van der Waals surface area (Å²) in [5, 5.41) is 2.96. The molecule has 1 aliphatic rings. The molecule has 5 aromatic rings. The molecule has 0 spiro atoms. The molecule has 5 aromatic carbocycles. The molecule has 0 radical (unpaired) electrons. The Balaban J connectivity index is 0.000000204. The van der Waals surface area contributed by atoms with E-state index < -0.39 is 0 Å². The molecule has 0 atom stereocenters. The largest absolute Gasteiger partial charge is 4.00 e. The van der Waals surface area contributed by atoms with E-state index in [1.807, 2.05) is 60.7 Å². The standard InChI is InChI=1S/C16H19.C10H15.2C7H7.Hf/c1-11(2)8-14-6-7-15-9-12-4-3-5-13(12)10-16(14)15;1-6-7(2)9(4)10(5)8(6)3;2*1-7-5-3-2-4-6-7;/h6-7,9-11H,3-5,8H2,1-2H3;1-5H3;2*2-6H,1H2;/q4*-1;+4. The van der Waals surface area contributed by atoms with E-state index in [-0.39, 0.29) is 25.8 Å². The second-order valence-electron chi connectivity index (χ2n) is 11.6. The van der Waals surface area contributed by atoms with Gasteiger partial charge in [-0.3, -0.25) is 0 Å². The maximum Gasteiger partial charge on any atom is 4.00 e. The molecule has 6 rings (SSSR count). The van der Waals surface area contributed by atoms with Crippen LogP contribution < -0.4 is 0 Å². The summed E-state index contributed by atoms with van der Waals surface area (Å²) in [5.41, 5.74) is 14.2. The summed E-state index contributed by atoms with van der Waals surface area (Å²) in [6.07, 6.45) is 5.14. The van der Waals surface area contributed by atoms with Crippen LogP contribution in [0.4, 0.5) is 0 Å². The van der Waals surface area contributed by atoms with Gasteiger partial charge in [0.2, 0.25) is 0 Å². The molecule has 0 aliphatic heterocycles. The zero-order chi connectivity index (χ0) is 29.2. The summed E-state index contributed by atoms with van der Waals surface area (Å²) in [6.45, 7) is 23.0. The Morgan fingerprint density at radius 2 is 1.17 bits per heavy atom. The van der Waals surface area contributed by atoms with Gasteiger partial charge in [-0.05, 0) is 19.3 Å². The minimum atomic E-state index is 0. The molecule has 0 saturated heterocycles. The second-order valence-corrected chi connectivity index (χ2v) is 11.6. The molecule has 0 aromatic heterocycles. The van der Waals surface area contributed by atoms with Gasteiger partial charge < -0.3 is 0 Å². The maximum absolute atomic E-state index is 3.72. The zero-order valence-corrected chi connectivity index (χ0v) is 30.0. The van der Waals surface area contributed by atoms with Gasteiger partial charge in [-0.2, -0.15) is 83.1 Å². The van der Waals surface area contributed by atoms with E-state index in [4.69, 9.17) is 0 Å². The number of hydrogen-bond donors (Lipinski definition) is 0. The number of aryl methyl sites for hydroxylation is 2. The predicted octanol–water partition coefficient (Wildman–Crippen LogP) is 10.9. The van der Waals surface area contributed by atoms with E-state index in [9.17, 15) is 0 Å². The van der Waals surface area contributed by atoms with Crippen LogP contribution in [0.5, 0.6) is 0 Å². The van der Waals surface area contributed by atoms with Crippen molar-refractivity contribution in [2.75, 3.05) is 0 Å². The topological polar surface area (TPSA) is 0 Å². The maximum atomic E-state index is 3.72. The summed E-state index contributed by atoms with van der Waals surface area (Å²) in [4.78, 5) is 0. The predicted molar refractivity (Wildman–Crippen MR) is 178 cm³/mol. The Morgan fingerprint density at radius 1 is 0.707 bits per heavy atom. The van der Waals surface area contributed by atoms with E-state index >= 15 is 0 Å². The molecule has 0 heterocycles. The van der Waals surface area contributed by atoms with Gasteiger partial charge >= 0.3 is 25.8 Å². The molecule has 212 valence electrons. The van der Waals surface area contributed by atoms with Crippen LogP contribution in [0.1, 0.15) is 75.9 Å². The Morgan fingerprint density at radius 3 is 1.54 bits per heavy atom. The Bertz CT molecular complexity index is 1340. The smallest absolute Gasteiger partial charge is 0.199 e. The first-order chi connectivity index (χ1) is 19.1. The van der Waals surface area contributed by atoms with Gasteiger partial charge in [0.25, 0.3) is 0 Å². The van der Waals surface area contributed by atoms with Gasteiger partial charge in [-0.25, -0.2) is 0 Å². The molecule has 41 heavy (non-hydrogen) atoms. The van der Waals surface area contributed by atoms with Crippen LogP contribution in [0.3, 0.4) is 0 Å². The normalized spacial score (nSPS) is 11.3. The summed E-state index contributed by atoms with van der Waals surface area (Å²) in [6, 6.07) is 29.2. The summed E-state index contributed by atoms with van der Waals surface area (Å²) in [7, 11) is 0. The van der Waals surface area contributed by atoms with Crippen molar-refractivity contribution in [3.63, 3.8) is 0 Å². The molecular formula is C40H48Hf. The van der Waals surface area contributed by atoms with Crippen LogP contribution in [-0.4, -0.2) is 0 Å². The summed E-state index contributed by atoms with van der Waals surface area (Å²) < 4.78 is 0. The van der Waals surface area contributed by atoms with Crippen molar-refractivity contribution in [3.05, 3.63) is 154 Å². The second kappa shape index (κ2) is 16.6. The SMILES string of the molecule is CC(C)C[c-]1ccc2cc3c(cc21)CCC3.Cc1c(C)c(C)[c-](C)c1C.[CH2-]c1ccccc1.[CH2-]c1ccccc1.[Hf+4]. The van der Waals surface area contributed by atoms with Crippen LogP contribution in [-0.2, 0) is 45.1 Å². The van der Waals surface area contributed by atoms with Crippen molar-refractivity contribution in [3.8, 4) is 0 Å². The van der Waals surface area contributed by atoms with Crippen molar-refractivity contribution in [1.82, 2.24) is 0 Å². The monoisotopic (exact) mass is 708 g/mol. The van der Waals surface area contributed by atoms with Crippen molar-refractivity contribution in [2.24, 2.45) is 5.92 Å². The molecule has 0 N–H and O–H groups in total. The molecule has 0 fully saturated rings. The fraction of sp³-hybridized carbons (Fsp3) is 0.300. The number of benzene rings is 3. The van der Waals surface area contributed by atoms with E-state index in [0.717, 1.165) is 17.0 Å². The van der Waals surface area contributed by atoms with Gasteiger partial charge in [0.05, 0.1) is 0 Å². The summed E-state index contributed by atoms with van der Waals surface area (Å²) in [5.74, 6) is 0.749. The van der Waals surface area contributed by atoms with E-state index in [1.165, 1.54) is 64.3 Å². The van der Waals surface area contributed by atoms with Crippen LogP contribution in [0.15, 0.2) is 84.9 Å². The van der Waals surface area contributed by atoms with Crippen LogP contribution >= 0.6 is 0 Å². The van der Waals surface area contributed by atoms with Crippen molar-refractivity contribution in [2.45, 2.75) is 74.1 Å². The minimum Gasteiger partial charge on any atom is -0.199 e. The third-order valence-corrected chi connectivity index (χ3v) is 8.20. The Hall–Kier alpha value is -2.77. The number of hydrogen-bond acceptors (Lipinski definition) is 0. The average molecular weight is 707 g/mol. The molecule has 1 aliphatic carbocycles. The minimum absolute atomic E-state index is 0. The fourth-order valence-electron chi connectivity index (χ4n) is 5.32. The van der Waals surface area contributed by atoms with Gasteiger partial charge in [0, 0.05) is 0 Å². The van der Waals surface area contributed by atoms with Crippen LogP contribution in [0.2, 0.25) is 0 Å². The number of fused-ring (bicyclic) bond motifs is 2. The van der Waals surface area contributed by atoms with Crippen molar-refractivity contribution in [1.29, 1.82) is 0 Å². The van der Waals surface area contributed by atoms with Gasteiger partial charge in [0.1, 0.15) is 0 Å². The van der Waals surface area contributed by atoms with Gasteiger partial charge in [0.15, 0.2) is 0 Å². The molecule has 1 heteroatoms. The third kappa shape index (κ3) is 9.93. The van der Waals surface area contributed by atoms with Crippen LogP contribution in [0, 0.1) is 54.4 Å². The number of rotatable bonds is 2. The first kappa shape index (κ1) is 34.4. The molecule has 0 nitrogen and oxygen atoms in total. The van der Waals surface area contributed by atoms with Crippen molar-refractivity contribution >= 4 is 10.8 Å². The first-order valence-corrected chi connectivity index (χ1v) is 14.7. The van der Waals surface area contributed by atoms with Gasteiger partial charge in [-0.15, -0.1) is 58.8 Å². The Labute approximate surface area is 269 Å². The molecule has 0 bridgehead atoms. The third-order valence-electron chi connectivity index (χ3n) is 8.20. The van der Waals surface area contributed by atoms with Gasteiger partial charge in [-0.1, -0.05) is 84.1 Å². The van der Waals surface area contributed by atoms with Crippen LogP contribution in [0.25, 0.3) is 10.8 Å². The zero-order valence-electron chi connectivity index (χ0n) is 26.4. The van der Waals surface area contributed by atoms with E-state index in [0.29, 0.717) is 0 Å². The van der Waals surface area contributed by atoms with E-state index in [2.05, 4.69) is 86.6 Å². The molecular weight excluding hydrogens is 659 g/mol. The quantitative estimate of drug-likeness (QED) is 0.127. The molecule has 0 saturated carbocycles.